The third-order valence-electron chi connectivity index (χ3n) is 6.46. The van der Waals surface area contributed by atoms with E-state index in [1.807, 2.05) is 60.7 Å². The number of alkyl halides is 1. The Balaban J connectivity index is 1.51. The molecule has 0 aliphatic carbocycles. The summed E-state index contributed by atoms with van der Waals surface area (Å²) in [7, 11) is 3.05. The lowest BCUT2D eigenvalue weighted by Gasteiger charge is -2.56. The molecule has 0 radical (unpaired) electrons. The van der Waals surface area contributed by atoms with Gasteiger partial charge in [0, 0.05) is 25.7 Å². The quantitative estimate of drug-likeness (QED) is 0.122. The first-order valence-electron chi connectivity index (χ1n) is 12.1. The average molecular weight is 601 g/mol. The normalized spacial score (nSPS) is 20.2. The minimum Gasteiger partial charge on any atom is -0.448 e. The smallest absolute Gasteiger partial charge is 0.356 e. The van der Waals surface area contributed by atoms with Crippen molar-refractivity contribution in [2.24, 2.45) is 7.05 Å². The van der Waals surface area contributed by atoms with Crippen molar-refractivity contribution in [1.29, 1.82) is 0 Å². The molecular formula is C26H25ClN6O5S2. The number of carbonyl (C=O) groups is 3. The highest BCUT2D eigenvalue weighted by molar-refractivity contribution is 8.01. The maximum Gasteiger partial charge on any atom is 0.356 e. The van der Waals surface area contributed by atoms with E-state index in [9.17, 15) is 14.4 Å². The zero-order chi connectivity index (χ0) is 28.3. The van der Waals surface area contributed by atoms with Gasteiger partial charge in [-0.1, -0.05) is 72.4 Å². The van der Waals surface area contributed by atoms with Gasteiger partial charge in [0.05, 0.1) is 0 Å². The second-order valence-corrected chi connectivity index (χ2v) is 11.2. The summed E-state index contributed by atoms with van der Waals surface area (Å²) in [5.74, 6) is -1.45. The number of methoxy groups -OCH3 is 1. The maximum absolute atomic E-state index is 14.0. The van der Waals surface area contributed by atoms with E-state index in [0.29, 0.717) is 22.2 Å². The van der Waals surface area contributed by atoms with Crippen LogP contribution in [0.5, 0.6) is 0 Å². The molecule has 2 atom stereocenters. The van der Waals surface area contributed by atoms with Gasteiger partial charge in [0.2, 0.25) is 11.1 Å². The summed E-state index contributed by atoms with van der Waals surface area (Å²) in [4.78, 5) is 41.2. The standard InChI is InChI=1S/C26H25ClN6O5S2/c1-32-25(29-30-31-32)40-15-18-14-39-24-26(37-2,28-19(34)13-27)23(36)33(24)20(18)22(35)38-21(16-9-5-3-6-10-16)17-11-7-4-8-12-17/h3-12,21,24H,13-15H2,1-2H3,(H,28,34)/t24-,26-/m0/s1. The van der Waals surface area contributed by atoms with E-state index in [-0.39, 0.29) is 11.6 Å². The molecule has 0 saturated carbocycles. The zero-order valence-corrected chi connectivity index (χ0v) is 23.9. The third-order valence-corrected chi connectivity index (χ3v) is 9.17. The number of carbonyl (C=O) groups excluding carboxylic acids is 3. The van der Waals surface area contributed by atoms with Crippen molar-refractivity contribution in [2.75, 3.05) is 24.5 Å². The molecule has 3 heterocycles. The first kappa shape index (κ1) is 28.1. The summed E-state index contributed by atoms with van der Waals surface area (Å²) >= 11 is 8.40. The van der Waals surface area contributed by atoms with Crippen LogP contribution >= 0.6 is 35.1 Å². The Hall–Kier alpha value is -3.39. The van der Waals surface area contributed by atoms with Gasteiger partial charge in [0.25, 0.3) is 11.6 Å². The summed E-state index contributed by atoms with van der Waals surface area (Å²) in [6.07, 6.45) is -0.716. The van der Waals surface area contributed by atoms with Crippen LogP contribution < -0.4 is 5.32 Å². The molecule has 1 aromatic heterocycles. The first-order valence-corrected chi connectivity index (χ1v) is 14.7. The van der Waals surface area contributed by atoms with E-state index in [4.69, 9.17) is 21.1 Å². The number of rotatable bonds is 10. The maximum atomic E-state index is 14.0. The number of esters is 1. The minimum absolute atomic E-state index is 0.112. The topological polar surface area (TPSA) is 129 Å². The Morgan fingerprint density at radius 3 is 2.38 bits per heavy atom. The molecule has 2 aromatic carbocycles. The molecule has 11 nitrogen and oxygen atoms in total. The second kappa shape index (κ2) is 12.0. The van der Waals surface area contributed by atoms with E-state index in [0.717, 1.165) is 11.1 Å². The Morgan fingerprint density at radius 1 is 1.18 bits per heavy atom. The van der Waals surface area contributed by atoms with Crippen molar-refractivity contribution >= 4 is 52.9 Å². The van der Waals surface area contributed by atoms with E-state index in [1.165, 1.54) is 40.2 Å². The lowest BCUT2D eigenvalue weighted by atomic mass is 9.98. The molecule has 14 heteroatoms. The number of nitrogens with one attached hydrogen (secondary N) is 1. The van der Waals surface area contributed by atoms with Crippen LogP contribution in [-0.4, -0.2) is 78.5 Å². The Labute approximate surface area is 243 Å². The van der Waals surface area contributed by atoms with Gasteiger partial charge in [0.15, 0.2) is 6.10 Å². The van der Waals surface area contributed by atoms with E-state index >= 15 is 0 Å². The molecule has 2 amide bonds. The molecule has 1 saturated heterocycles. The summed E-state index contributed by atoms with van der Waals surface area (Å²) in [5, 5.41) is 13.9. The number of hydrogen-bond donors (Lipinski definition) is 1. The van der Waals surface area contributed by atoms with Crippen LogP contribution in [0, 0.1) is 0 Å². The van der Waals surface area contributed by atoms with Gasteiger partial charge in [-0.25, -0.2) is 9.48 Å². The number of fused-ring (bicyclic) bond motifs is 1. The van der Waals surface area contributed by atoms with Crippen LogP contribution in [-0.2, 0) is 30.9 Å². The van der Waals surface area contributed by atoms with Gasteiger partial charge in [-0.15, -0.1) is 28.5 Å². The molecule has 3 aromatic rings. The monoisotopic (exact) mass is 600 g/mol. The average Bonchev–Trinajstić information content (AvgIpc) is 3.41. The fourth-order valence-corrected chi connectivity index (χ4v) is 7.02. The Morgan fingerprint density at radius 2 is 1.82 bits per heavy atom. The molecular weight excluding hydrogens is 576 g/mol. The minimum atomic E-state index is -1.65. The zero-order valence-electron chi connectivity index (χ0n) is 21.5. The van der Waals surface area contributed by atoms with Crippen LogP contribution in [0.3, 0.4) is 0 Å². The summed E-state index contributed by atoms with van der Waals surface area (Å²) in [6.45, 7) is 0. The number of amides is 2. The third kappa shape index (κ3) is 5.21. The number of β-lactam (4-membered cyclic amide) rings is 1. The molecule has 208 valence electrons. The summed E-state index contributed by atoms with van der Waals surface area (Å²) < 4.78 is 13.2. The van der Waals surface area contributed by atoms with E-state index < -0.39 is 35.0 Å². The number of hydrogen-bond acceptors (Lipinski definition) is 10. The lowest BCUT2D eigenvalue weighted by molar-refractivity contribution is -0.192. The fourth-order valence-electron chi connectivity index (χ4n) is 4.53. The molecule has 2 aliphatic heterocycles. The number of benzene rings is 2. The van der Waals surface area contributed by atoms with Gasteiger partial charge in [-0.3, -0.25) is 14.5 Å². The highest BCUT2D eigenvalue weighted by Gasteiger charge is 2.66. The summed E-state index contributed by atoms with van der Waals surface area (Å²) in [6, 6.07) is 18.8. The van der Waals surface area contributed by atoms with Crippen LogP contribution in [0.1, 0.15) is 17.2 Å². The molecule has 0 bridgehead atoms. The lowest BCUT2D eigenvalue weighted by Crippen LogP contribution is -2.80. The van der Waals surface area contributed by atoms with Gasteiger partial charge in [-0.2, -0.15) is 0 Å². The van der Waals surface area contributed by atoms with Crippen LogP contribution in [0.2, 0.25) is 0 Å². The van der Waals surface area contributed by atoms with Crippen molar-refractivity contribution < 1.29 is 23.9 Å². The molecule has 2 aliphatic rings. The number of aromatic nitrogens is 4. The SMILES string of the molecule is CO[C@@]1(NC(=O)CCl)C(=O)N2C(C(=O)OC(c3ccccc3)c3ccccc3)=C(CSc3nnnn3C)CS[C@H]21. The van der Waals surface area contributed by atoms with Gasteiger partial charge in [0.1, 0.15) is 17.0 Å². The number of halogens is 1. The fraction of sp³-hybridized carbons (Fsp3) is 0.308. The second-order valence-electron chi connectivity index (χ2n) is 8.89. The van der Waals surface area contributed by atoms with Crippen molar-refractivity contribution in [1.82, 2.24) is 30.4 Å². The van der Waals surface area contributed by atoms with Gasteiger partial charge < -0.3 is 14.8 Å². The van der Waals surface area contributed by atoms with Gasteiger partial charge in [-0.05, 0) is 27.1 Å². The first-order chi connectivity index (χ1) is 19.4. The Bertz CT molecular complexity index is 1400. The number of ether oxygens (including phenoxy) is 2. The van der Waals surface area contributed by atoms with Crippen molar-refractivity contribution in [3.05, 3.63) is 83.1 Å². The van der Waals surface area contributed by atoms with Crippen molar-refractivity contribution in [2.45, 2.75) is 22.4 Å². The largest absolute Gasteiger partial charge is 0.448 e. The van der Waals surface area contributed by atoms with E-state index in [2.05, 4.69) is 20.8 Å². The van der Waals surface area contributed by atoms with Crippen LogP contribution in [0.25, 0.3) is 0 Å². The van der Waals surface area contributed by atoms with Crippen LogP contribution in [0.4, 0.5) is 0 Å². The van der Waals surface area contributed by atoms with Crippen molar-refractivity contribution in [3.63, 3.8) is 0 Å². The highest BCUT2D eigenvalue weighted by atomic mass is 35.5. The Kier molecular flexibility index (Phi) is 8.45. The molecule has 40 heavy (non-hydrogen) atoms. The number of aryl methyl sites for hydroxylation is 1. The number of nitrogens with zero attached hydrogens (tertiary/aromatic N) is 5. The molecule has 5 rings (SSSR count). The molecule has 1 fully saturated rings. The number of tetrazole rings is 1. The highest BCUT2D eigenvalue weighted by Crippen LogP contribution is 2.48. The van der Waals surface area contributed by atoms with Gasteiger partial charge >= 0.3 is 5.97 Å². The predicted octanol–water partition coefficient (Wildman–Crippen LogP) is 2.50. The van der Waals surface area contributed by atoms with Crippen molar-refractivity contribution in [3.8, 4) is 0 Å². The molecule has 0 unspecified atom stereocenters. The number of thioether (sulfide) groups is 2. The van der Waals surface area contributed by atoms with E-state index in [1.54, 1.807) is 7.05 Å². The van der Waals surface area contributed by atoms with Crippen LogP contribution in [0.15, 0.2) is 77.1 Å². The summed E-state index contributed by atoms with van der Waals surface area (Å²) in [5.41, 5.74) is 0.691. The predicted molar refractivity (Wildman–Crippen MR) is 149 cm³/mol. The molecule has 0 spiro atoms. The molecule has 1 N–H and O–H groups in total.